The fourth-order valence-corrected chi connectivity index (χ4v) is 2.17. The van der Waals surface area contributed by atoms with E-state index in [1.807, 2.05) is 18.2 Å². The smallest absolute Gasteiger partial charge is 0.260 e. The molecule has 0 saturated heterocycles. The molecule has 0 radical (unpaired) electrons. The zero-order valence-corrected chi connectivity index (χ0v) is 11.8. The lowest BCUT2D eigenvalue weighted by Crippen LogP contribution is -2.15. The van der Waals surface area contributed by atoms with Crippen LogP contribution in [0.2, 0.25) is 5.15 Å². The Kier molecular flexibility index (Phi) is 3.45. The highest BCUT2D eigenvalue weighted by atomic mass is 35.5. The van der Waals surface area contributed by atoms with Crippen molar-refractivity contribution in [3.63, 3.8) is 0 Å². The number of para-hydroxylation sites is 1. The third kappa shape index (κ3) is 2.66. The van der Waals surface area contributed by atoms with Gasteiger partial charge in [-0.2, -0.15) is 4.98 Å². The van der Waals surface area contributed by atoms with Crippen LogP contribution >= 0.6 is 11.6 Å². The maximum atomic E-state index is 12.3. The minimum atomic E-state index is -0.327. The molecule has 0 unspecified atom stereocenters. The number of ether oxygens (including phenoxy) is 1. The van der Waals surface area contributed by atoms with Gasteiger partial charge >= 0.3 is 0 Å². The highest BCUT2D eigenvalue weighted by molar-refractivity contribution is 6.29. The average Bonchev–Trinajstić information content (AvgIpc) is 2.94. The number of rotatable bonds is 3. The van der Waals surface area contributed by atoms with Gasteiger partial charge < -0.3 is 9.72 Å². The lowest BCUT2D eigenvalue weighted by molar-refractivity contribution is 0.102. The fourth-order valence-electron chi connectivity index (χ4n) is 2.00. The third-order valence-corrected chi connectivity index (χ3v) is 3.13. The summed E-state index contributed by atoms with van der Waals surface area (Å²) < 4.78 is 4.99. The molecule has 3 aromatic rings. The molecule has 3 rings (SSSR count). The zero-order chi connectivity index (χ0) is 14.8. The molecule has 7 heteroatoms. The lowest BCUT2D eigenvalue weighted by Gasteiger charge is -2.06. The van der Waals surface area contributed by atoms with Crippen molar-refractivity contribution in [3.05, 3.63) is 47.2 Å². The molecule has 0 fully saturated rings. The van der Waals surface area contributed by atoms with Crippen LogP contribution in [-0.2, 0) is 0 Å². The monoisotopic (exact) mass is 302 g/mol. The summed E-state index contributed by atoms with van der Waals surface area (Å²) in [5, 5.41) is 3.75. The number of benzene rings is 1. The minimum Gasteiger partial charge on any atom is -0.481 e. The van der Waals surface area contributed by atoms with E-state index in [2.05, 4.69) is 20.3 Å². The van der Waals surface area contributed by atoms with Crippen LogP contribution in [-0.4, -0.2) is 28.0 Å². The summed E-state index contributed by atoms with van der Waals surface area (Å²) in [5.74, 6) is 0.0451. The molecule has 1 amide bonds. The predicted molar refractivity (Wildman–Crippen MR) is 79.8 cm³/mol. The number of aromatic nitrogens is 3. The molecule has 2 heterocycles. The van der Waals surface area contributed by atoms with E-state index >= 15 is 0 Å². The predicted octanol–water partition coefficient (Wildman–Crippen LogP) is 2.87. The van der Waals surface area contributed by atoms with Crippen molar-refractivity contribution in [2.24, 2.45) is 0 Å². The van der Waals surface area contributed by atoms with E-state index in [9.17, 15) is 4.79 Å². The van der Waals surface area contributed by atoms with Gasteiger partial charge in [0.1, 0.15) is 5.15 Å². The molecule has 0 bridgehead atoms. The Bertz CT molecular complexity index is 816. The van der Waals surface area contributed by atoms with E-state index in [0.29, 0.717) is 5.56 Å². The van der Waals surface area contributed by atoms with E-state index in [0.717, 1.165) is 10.9 Å². The molecule has 0 aliphatic rings. The molecule has 0 aliphatic heterocycles. The van der Waals surface area contributed by atoms with Crippen LogP contribution < -0.4 is 10.1 Å². The molecule has 0 atom stereocenters. The molecule has 1 aromatic carbocycles. The van der Waals surface area contributed by atoms with Gasteiger partial charge in [-0.05, 0) is 12.1 Å². The summed E-state index contributed by atoms with van der Waals surface area (Å²) >= 11 is 5.85. The molecular formula is C14H11ClN4O2. The van der Waals surface area contributed by atoms with Crippen LogP contribution in [0.25, 0.3) is 10.9 Å². The van der Waals surface area contributed by atoms with Gasteiger partial charge in [-0.3, -0.25) is 10.1 Å². The fraction of sp³-hybridized carbons (Fsp3) is 0.0714. The highest BCUT2D eigenvalue weighted by Gasteiger charge is 2.13. The van der Waals surface area contributed by atoms with Crippen molar-refractivity contribution >= 4 is 34.4 Å². The Balaban J connectivity index is 1.93. The Morgan fingerprint density at radius 2 is 2.19 bits per heavy atom. The molecule has 106 valence electrons. The summed E-state index contributed by atoms with van der Waals surface area (Å²) in [6, 6.07) is 8.80. The maximum absolute atomic E-state index is 12.3. The number of halogens is 1. The van der Waals surface area contributed by atoms with Crippen molar-refractivity contribution in [2.75, 3.05) is 12.4 Å². The molecule has 21 heavy (non-hydrogen) atoms. The van der Waals surface area contributed by atoms with E-state index in [4.69, 9.17) is 16.3 Å². The molecule has 2 aromatic heterocycles. The van der Waals surface area contributed by atoms with Crippen molar-refractivity contribution in [1.82, 2.24) is 15.0 Å². The van der Waals surface area contributed by atoms with Crippen molar-refractivity contribution < 1.29 is 9.53 Å². The first-order chi connectivity index (χ1) is 10.2. The van der Waals surface area contributed by atoms with Crippen molar-refractivity contribution in [1.29, 1.82) is 0 Å². The number of carbonyl (C=O) groups is 1. The van der Waals surface area contributed by atoms with Crippen LogP contribution in [0.1, 0.15) is 10.4 Å². The standard InChI is InChI=1S/C14H11ClN4O2/c1-21-11-7-10(15)17-14(18-11)19-13(20)9-4-2-3-8-5-6-16-12(8)9/h2-7,16H,1H3,(H,17,18,19,20). The number of carbonyl (C=O) groups excluding carboxylic acids is 1. The molecule has 0 saturated carbocycles. The Morgan fingerprint density at radius 1 is 1.33 bits per heavy atom. The van der Waals surface area contributed by atoms with Gasteiger partial charge in [-0.1, -0.05) is 23.7 Å². The molecular weight excluding hydrogens is 292 g/mol. The summed E-state index contributed by atoms with van der Waals surface area (Å²) in [6.45, 7) is 0. The zero-order valence-electron chi connectivity index (χ0n) is 11.1. The van der Waals surface area contributed by atoms with Gasteiger partial charge in [0, 0.05) is 17.6 Å². The normalized spacial score (nSPS) is 10.6. The van der Waals surface area contributed by atoms with E-state index in [1.54, 1.807) is 12.3 Å². The summed E-state index contributed by atoms with van der Waals surface area (Å²) in [7, 11) is 1.46. The number of nitrogens with one attached hydrogen (secondary N) is 2. The van der Waals surface area contributed by atoms with Crippen molar-refractivity contribution in [2.45, 2.75) is 0 Å². The number of methoxy groups -OCH3 is 1. The van der Waals surface area contributed by atoms with Crippen LogP contribution in [0, 0.1) is 0 Å². The van der Waals surface area contributed by atoms with Gasteiger partial charge in [0.25, 0.3) is 5.91 Å². The Morgan fingerprint density at radius 3 is 3.00 bits per heavy atom. The first-order valence-corrected chi connectivity index (χ1v) is 6.51. The number of H-pyrrole nitrogens is 1. The van der Waals surface area contributed by atoms with E-state index in [1.165, 1.54) is 13.2 Å². The number of amides is 1. The van der Waals surface area contributed by atoms with E-state index in [-0.39, 0.29) is 22.9 Å². The SMILES string of the molecule is COc1cc(Cl)nc(NC(=O)c2cccc3cc[nH]c23)n1. The molecule has 2 N–H and O–H groups in total. The molecule has 0 spiro atoms. The quantitative estimate of drug-likeness (QED) is 0.729. The van der Waals surface area contributed by atoms with Gasteiger partial charge in [0.05, 0.1) is 18.2 Å². The van der Waals surface area contributed by atoms with Crippen LogP contribution in [0.5, 0.6) is 5.88 Å². The van der Waals surface area contributed by atoms with Gasteiger partial charge in [-0.25, -0.2) is 4.98 Å². The first-order valence-electron chi connectivity index (χ1n) is 6.13. The highest BCUT2D eigenvalue weighted by Crippen LogP contribution is 2.19. The third-order valence-electron chi connectivity index (χ3n) is 2.94. The van der Waals surface area contributed by atoms with Gasteiger partial charge in [0.15, 0.2) is 0 Å². The Hall–Kier alpha value is -2.60. The number of fused-ring (bicyclic) bond motifs is 1. The topological polar surface area (TPSA) is 79.9 Å². The second kappa shape index (κ2) is 5.41. The van der Waals surface area contributed by atoms with Crippen LogP contribution in [0.15, 0.2) is 36.5 Å². The summed E-state index contributed by atoms with van der Waals surface area (Å²) in [6.07, 6.45) is 1.78. The van der Waals surface area contributed by atoms with E-state index < -0.39 is 0 Å². The average molecular weight is 303 g/mol. The number of anilines is 1. The second-order valence-corrected chi connectivity index (χ2v) is 4.65. The summed E-state index contributed by atoms with van der Waals surface area (Å²) in [4.78, 5) is 23.4. The maximum Gasteiger partial charge on any atom is 0.260 e. The van der Waals surface area contributed by atoms with Crippen LogP contribution in [0.4, 0.5) is 5.95 Å². The molecule has 6 nitrogen and oxygen atoms in total. The summed E-state index contributed by atoms with van der Waals surface area (Å²) in [5.41, 5.74) is 1.25. The second-order valence-electron chi connectivity index (χ2n) is 4.26. The van der Waals surface area contributed by atoms with Crippen molar-refractivity contribution in [3.8, 4) is 5.88 Å². The number of hydrogen-bond donors (Lipinski definition) is 2. The largest absolute Gasteiger partial charge is 0.481 e. The number of hydrogen-bond acceptors (Lipinski definition) is 4. The first kappa shape index (κ1) is 13.4. The Labute approximate surface area is 125 Å². The lowest BCUT2D eigenvalue weighted by atomic mass is 10.1. The number of nitrogens with zero attached hydrogens (tertiary/aromatic N) is 2. The van der Waals surface area contributed by atoms with Gasteiger partial charge in [0.2, 0.25) is 11.8 Å². The molecule has 0 aliphatic carbocycles. The minimum absolute atomic E-state index is 0.0907. The number of aromatic amines is 1. The van der Waals surface area contributed by atoms with Crippen LogP contribution in [0.3, 0.4) is 0 Å². The van der Waals surface area contributed by atoms with Gasteiger partial charge in [-0.15, -0.1) is 0 Å².